The molecule has 9 heavy (non-hydrogen) atoms. The summed E-state index contributed by atoms with van der Waals surface area (Å²) in [6.45, 7) is 2.71. The molecule has 2 nitrogen and oxygen atoms in total. The van der Waals surface area contributed by atoms with Crippen LogP contribution in [0.2, 0.25) is 0 Å². The second-order valence-electron chi connectivity index (χ2n) is 1.73. The van der Waals surface area contributed by atoms with E-state index in [-0.39, 0.29) is 0 Å². The van der Waals surface area contributed by atoms with E-state index in [1.807, 2.05) is 23.8 Å². The maximum absolute atomic E-state index is 7.32. The molecule has 0 amide bonds. The smallest absolute Gasteiger partial charge is 0.145 e. The quantitative estimate of drug-likeness (QED) is 0.484. The minimum atomic E-state index is 0.747. The van der Waals surface area contributed by atoms with Gasteiger partial charge in [-0.05, 0) is 12.3 Å². The summed E-state index contributed by atoms with van der Waals surface area (Å²) in [7, 11) is 0. The summed E-state index contributed by atoms with van der Waals surface area (Å²) in [5.41, 5.74) is 8.31. The molecule has 0 saturated carbocycles. The first-order chi connectivity index (χ1) is 4.34. The van der Waals surface area contributed by atoms with Gasteiger partial charge in [-0.25, -0.2) is 0 Å². The van der Waals surface area contributed by atoms with Gasteiger partial charge in [0, 0.05) is 6.07 Å². The molecule has 0 unspecified atom stereocenters. The summed E-state index contributed by atoms with van der Waals surface area (Å²) in [4.78, 5) is 0. The van der Waals surface area contributed by atoms with Crippen molar-refractivity contribution in [3.05, 3.63) is 16.8 Å². The zero-order valence-corrected chi connectivity index (χ0v) is 6.11. The first-order valence-electron chi connectivity index (χ1n) is 2.85. The lowest BCUT2D eigenvalue weighted by Gasteiger charge is -1.84. The topological polar surface area (TPSA) is 26.9 Å². The maximum atomic E-state index is 7.32. The molecule has 1 rings (SSSR count). The van der Waals surface area contributed by atoms with Crippen LogP contribution in [-0.4, -0.2) is 11.2 Å². The van der Waals surface area contributed by atoms with Gasteiger partial charge < -0.3 is 0 Å². The second-order valence-corrected chi connectivity index (χ2v) is 2.51. The largest absolute Gasteiger partial charge is 0.241 e. The Kier molecular flexibility index (Phi) is 1.95. The third-order valence-electron chi connectivity index (χ3n) is 1.13. The van der Waals surface area contributed by atoms with Crippen LogP contribution in [0.25, 0.3) is 0 Å². The Morgan fingerprint density at radius 2 is 2.56 bits per heavy atom. The predicted molar refractivity (Wildman–Crippen MR) is 37.5 cm³/mol. The van der Waals surface area contributed by atoms with Crippen molar-refractivity contribution in [2.45, 2.75) is 6.92 Å². The number of hydrogen-bond donors (Lipinski definition) is 1. The molecule has 0 aliphatic rings. The van der Waals surface area contributed by atoms with Crippen LogP contribution in [0.5, 0.6) is 0 Å². The molecule has 0 atom stereocenters. The van der Waals surface area contributed by atoms with Gasteiger partial charge in [0.15, 0.2) is 6.54 Å². The summed E-state index contributed by atoms with van der Waals surface area (Å²) in [5.74, 6) is 0. The van der Waals surface area contributed by atoms with Crippen LogP contribution in [0.15, 0.2) is 16.8 Å². The minimum absolute atomic E-state index is 0.747. The van der Waals surface area contributed by atoms with Gasteiger partial charge in [-0.15, -0.1) is 11.3 Å². The molecule has 0 aromatic carbocycles. The Morgan fingerprint density at radius 3 is 3.00 bits per heavy atom. The summed E-state index contributed by atoms with van der Waals surface area (Å²) in [5, 5.41) is 3.95. The van der Waals surface area contributed by atoms with Gasteiger partial charge in [-0.3, -0.25) is 0 Å². The van der Waals surface area contributed by atoms with Crippen molar-refractivity contribution in [1.82, 2.24) is 0 Å². The highest BCUT2D eigenvalue weighted by molar-refractivity contribution is 7.08. The Morgan fingerprint density at radius 1 is 1.78 bits per heavy atom. The minimum Gasteiger partial charge on any atom is -0.145 e. The Labute approximate surface area is 58.2 Å². The van der Waals surface area contributed by atoms with Crippen LogP contribution in [0.1, 0.15) is 6.92 Å². The van der Waals surface area contributed by atoms with Gasteiger partial charge in [-0.1, -0.05) is 10.2 Å². The molecule has 0 aliphatic heterocycles. The van der Waals surface area contributed by atoms with E-state index in [1.54, 1.807) is 11.3 Å². The molecule has 3 heteroatoms. The first-order valence-corrected chi connectivity index (χ1v) is 3.80. The molecule has 0 bridgehead atoms. The Bertz CT molecular complexity index is 191. The van der Waals surface area contributed by atoms with Crippen molar-refractivity contribution >= 4 is 17.0 Å². The van der Waals surface area contributed by atoms with Crippen LogP contribution in [0.3, 0.4) is 0 Å². The van der Waals surface area contributed by atoms with Crippen molar-refractivity contribution in [1.29, 1.82) is 5.53 Å². The Balaban J connectivity index is 2.77. The van der Waals surface area contributed by atoms with Crippen molar-refractivity contribution in [2.75, 3.05) is 6.54 Å². The van der Waals surface area contributed by atoms with Crippen molar-refractivity contribution in [2.24, 2.45) is 0 Å². The zero-order valence-electron chi connectivity index (χ0n) is 5.29. The van der Waals surface area contributed by atoms with Crippen molar-refractivity contribution < 1.29 is 4.70 Å². The fraction of sp³-hybridized carbons (Fsp3) is 0.333. The van der Waals surface area contributed by atoms with Gasteiger partial charge in [0.25, 0.3) is 0 Å². The lowest BCUT2D eigenvalue weighted by molar-refractivity contribution is -0.531. The number of nitrogens with zero attached hydrogens (tertiary/aromatic N) is 1. The second kappa shape index (κ2) is 2.73. The third-order valence-corrected chi connectivity index (χ3v) is 1.80. The molecule has 0 radical (unpaired) electrons. The van der Waals surface area contributed by atoms with Crippen molar-refractivity contribution in [3.63, 3.8) is 0 Å². The molecular formula is C6H9N2S+. The lowest BCUT2D eigenvalue weighted by Crippen LogP contribution is -1.95. The average molecular weight is 141 g/mol. The monoisotopic (exact) mass is 141 g/mol. The van der Waals surface area contributed by atoms with Gasteiger partial charge >= 0.3 is 0 Å². The van der Waals surface area contributed by atoms with Crippen LogP contribution >= 0.6 is 11.3 Å². The van der Waals surface area contributed by atoms with Gasteiger partial charge in [0.05, 0.1) is 5.38 Å². The molecule has 48 valence electrons. The summed E-state index contributed by atoms with van der Waals surface area (Å²) >= 11 is 1.62. The summed E-state index contributed by atoms with van der Waals surface area (Å²) < 4.78 is 1.47. The highest BCUT2D eigenvalue weighted by Gasteiger charge is 2.03. The van der Waals surface area contributed by atoms with Crippen molar-refractivity contribution in [3.8, 4) is 0 Å². The lowest BCUT2D eigenvalue weighted by atomic mass is 10.5. The number of nitrogens with one attached hydrogen (secondary N) is 1. The van der Waals surface area contributed by atoms with E-state index in [9.17, 15) is 0 Å². The van der Waals surface area contributed by atoms with Crippen LogP contribution in [0, 0.1) is 5.53 Å². The molecule has 0 fully saturated rings. The normalized spacial score (nSPS) is 9.44. The van der Waals surface area contributed by atoms with Gasteiger partial charge in [0.2, 0.25) is 5.69 Å². The van der Waals surface area contributed by atoms with Crippen LogP contribution in [-0.2, 0) is 0 Å². The van der Waals surface area contributed by atoms with E-state index in [1.165, 1.54) is 4.70 Å². The maximum Gasteiger partial charge on any atom is 0.241 e. The van der Waals surface area contributed by atoms with E-state index >= 15 is 0 Å². The molecular weight excluding hydrogens is 132 g/mol. The highest BCUT2D eigenvalue weighted by atomic mass is 32.1. The summed E-state index contributed by atoms with van der Waals surface area (Å²) in [6.07, 6.45) is 0. The predicted octanol–water partition coefficient (Wildman–Crippen LogP) is 2.44. The van der Waals surface area contributed by atoms with Gasteiger partial charge in [-0.2, -0.15) is 0 Å². The van der Waals surface area contributed by atoms with Crippen LogP contribution in [0.4, 0.5) is 5.69 Å². The Hall–Kier alpha value is -0.700. The molecule has 1 heterocycles. The number of thiophene rings is 1. The first kappa shape index (κ1) is 6.42. The third kappa shape index (κ3) is 1.36. The molecule has 0 saturated heterocycles. The van der Waals surface area contributed by atoms with E-state index in [2.05, 4.69) is 0 Å². The summed E-state index contributed by atoms with van der Waals surface area (Å²) in [6, 6.07) is 1.95. The van der Waals surface area contributed by atoms with Crippen LogP contribution < -0.4 is 0 Å². The van der Waals surface area contributed by atoms with E-state index in [0.29, 0.717) is 0 Å². The SMILES string of the molecule is CC[N+](=N)c1ccsc1. The molecule has 1 aromatic rings. The standard InChI is InChI=1S/C6H9N2S/c1-2-8(7)6-3-4-9-5-6/h3-5,7H,2H2,1H3/q+1. The molecule has 0 aliphatic carbocycles. The van der Waals surface area contributed by atoms with E-state index in [0.717, 1.165) is 12.2 Å². The fourth-order valence-corrected chi connectivity index (χ4v) is 1.24. The van der Waals surface area contributed by atoms with E-state index in [4.69, 9.17) is 5.53 Å². The fourth-order valence-electron chi connectivity index (χ4n) is 0.593. The number of hydrogen-bond acceptors (Lipinski definition) is 2. The average Bonchev–Trinajstić information content (AvgIpc) is 2.37. The van der Waals surface area contributed by atoms with Gasteiger partial charge in [0.1, 0.15) is 0 Å². The number of rotatable bonds is 2. The molecule has 0 spiro atoms. The molecule has 1 N–H and O–H groups in total. The molecule has 1 aromatic heterocycles. The zero-order chi connectivity index (χ0) is 6.69. The van der Waals surface area contributed by atoms with E-state index < -0.39 is 0 Å². The highest BCUT2D eigenvalue weighted by Crippen LogP contribution is 2.14.